The minimum absolute atomic E-state index is 0.0962. The van der Waals surface area contributed by atoms with E-state index in [0.717, 1.165) is 5.56 Å². The fourth-order valence-corrected chi connectivity index (χ4v) is 5.67. The van der Waals surface area contributed by atoms with Crippen LogP contribution < -0.4 is 4.74 Å². The van der Waals surface area contributed by atoms with Crippen LogP contribution in [0.15, 0.2) is 41.8 Å². The molecule has 0 aliphatic carbocycles. The molecule has 184 valence electrons. The highest BCUT2D eigenvalue weighted by Gasteiger charge is 2.38. The van der Waals surface area contributed by atoms with Gasteiger partial charge in [0.25, 0.3) is 0 Å². The molecule has 1 aliphatic rings. The number of rotatable bonds is 6. The summed E-state index contributed by atoms with van der Waals surface area (Å²) in [6.07, 6.45) is 4.76. The zero-order valence-electron chi connectivity index (χ0n) is 20.5. The van der Waals surface area contributed by atoms with Crippen molar-refractivity contribution in [2.75, 3.05) is 26.7 Å². The molecule has 0 saturated heterocycles. The van der Waals surface area contributed by atoms with E-state index in [4.69, 9.17) is 4.74 Å². The SMILES string of the molecule is CC(C)C#Cc1ccc2c(c1)O[C@@H](CN(C)Cc1cncnc1)[C@@H](C)CN([C@H](C)CO)S2(=O)=O. The molecule has 1 aliphatic heterocycles. The Morgan fingerprint density at radius 3 is 2.62 bits per heavy atom. The van der Waals surface area contributed by atoms with E-state index < -0.39 is 16.1 Å². The molecule has 1 aromatic carbocycles. The van der Waals surface area contributed by atoms with Crippen LogP contribution >= 0.6 is 0 Å². The van der Waals surface area contributed by atoms with Crippen molar-refractivity contribution in [3.05, 3.63) is 48.0 Å². The average molecular weight is 487 g/mol. The van der Waals surface area contributed by atoms with Crippen molar-refractivity contribution in [2.45, 2.75) is 51.3 Å². The van der Waals surface area contributed by atoms with Gasteiger partial charge in [0.15, 0.2) is 0 Å². The quantitative estimate of drug-likeness (QED) is 0.627. The summed E-state index contributed by atoms with van der Waals surface area (Å²) < 4.78 is 34.9. The van der Waals surface area contributed by atoms with Gasteiger partial charge in [-0.1, -0.05) is 32.6 Å². The lowest BCUT2D eigenvalue weighted by atomic mass is 10.0. The van der Waals surface area contributed by atoms with Crippen molar-refractivity contribution in [2.24, 2.45) is 11.8 Å². The van der Waals surface area contributed by atoms with E-state index in [2.05, 4.69) is 26.7 Å². The third-order valence-electron chi connectivity index (χ3n) is 5.73. The first-order valence-electron chi connectivity index (χ1n) is 11.5. The molecular weight excluding hydrogens is 452 g/mol. The number of benzene rings is 1. The summed E-state index contributed by atoms with van der Waals surface area (Å²) in [5, 5.41) is 9.78. The first-order valence-corrected chi connectivity index (χ1v) is 12.9. The Kier molecular flexibility index (Phi) is 8.66. The second-order valence-electron chi connectivity index (χ2n) is 9.27. The summed E-state index contributed by atoms with van der Waals surface area (Å²) in [6, 6.07) is 4.42. The highest BCUT2D eigenvalue weighted by Crippen LogP contribution is 2.34. The van der Waals surface area contributed by atoms with Crippen LogP contribution in [0.25, 0.3) is 0 Å². The van der Waals surface area contributed by atoms with Crippen LogP contribution in [0.2, 0.25) is 0 Å². The molecule has 0 spiro atoms. The van der Waals surface area contributed by atoms with Gasteiger partial charge in [0, 0.05) is 61.0 Å². The molecule has 0 amide bonds. The number of hydrogen-bond acceptors (Lipinski definition) is 7. The summed E-state index contributed by atoms with van der Waals surface area (Å²) >= 11 is 0. The molecular formula is C25H34N4O4S. The lowest BCUT2D eigenvalue weighted by Crippen LogP contribution is -2.49. The summed E-state index contributed by atoms with van der Waals surface area (Å²) in [5.74, 6) is 6.57. The zero-order chi connectivity index (χ0) is 24.9. The molecule has 0 saturated carbocycles. The number of nitrogens with zero attached hydrogens (tertiary/aromatic N) is 4. The zero-order valence-corrected chi connectivity index (χ0v) is 21.3. The van der Waals surface area contributed by atoms with Gasteiger partial charge in [-0.25, -0.2) is 18.4 Å². The standard InChI is InChI=1S/C25H34N4O4S/c1-18(2)6-7-21-8-9-25-23(10-21)33-24(15-28(5)14-22-11-26-17-27-12-22)19(3)13-29(20(4)16-30)34(25,31)32/h8-12,17-20,24,30H,13-16H2,1-5H3/t19-,20+,24-/m0/s1. The van der Waals surface area contributed by atoms with Crippen LogP contribution in [0.3, 0.4) is 0 Å². The van der Waals surface area contributed by atoms with Gasteiger partial charge in [-0.05, 0) is 32.2 Å². The number of aromatic nitrogens is 2. The van der Waals surface area contributed by atoms with E-state index in [-0.39, 0.29) is 36.0 Å². The summed E-state index contributed by atoms with van der Waals surface area (Å²) in [6.45, 7) is 8.87. The van der Waals surface area contributed by atoms with Gasteiger partial charge >= 0.3 is 0 Å². The van der Waals surface area contributed by atoms with Gasteiger partial charge in [0.05, 0.1) is 6.61 Å². The molecule has 2 heterocycles. The van der Waals surface area contributed by atoms with Crippen molar-refractivity contribution in [1.82, 2.24) is 19.2 Å². The van der Waals surface area contributed by atoms with Gasteiger partial charge in [-0.3, -0.25) is 4.90 Å². The molecule has 0 radical (unpaired) electrons. The van der Waals surface area contributed by atoms with Crippen LogP contribution in [-0.4, -0.2) is 71.6 Å². The van der Waals surface area contributed by atoms with Crippen molar-refractivity contribution in [1.29, 1.82) is 0 Å². The number of fused-ring (bicyclic) bond motifs is 1. The van der Waals surface area contributed by atoms with E-state index in [9.17, 15) is 13.5 Å². The first kappa shape index (κ1) is 26.1. The number of likely N-dealkylation sites (N-methyl/N-ethyl adjacent to an activating group) is 1. The number of aliphatic hydroxyl groups is 1. The Morgan fingerprint density at radius 1 is 1.26 bits per heavy atom. The van der Waals surface area contributed by atoms with Crippen LogP contribution in [0.4, 0.5) is 0 Å². The molecule has 3 atom stereocenters. The lowest BCUT2D eigenvalue weighted by molar-refractivity contribution is 0.0733. The summed E-state index contributed by atoms with van der Waals surface area (Å²) in [5.41, 5.74) is 1.68. The molecule has 1 aromatic heterocycles. The average Bonchev–Trinajstić information content (AvgIpc) is 2.80. The topological polar surface area (TPSA) is 95.9 Å². The third-order valence-corrected chi connectivity index (χ3v) is 7.75. The molecule has 34 heavy (non-hydrogen) atoms. The van der Waals surface area contributed by atoms with Crippen molar-refractivity contribution in [3.63, 3.8) is 0 Å². The largest absolute Gasteiger partial charge is 0.487 e. The highest BCUT2D eigenvalue weighted by molar-refractivity contribution is 7.89. The van der Waals surface area contributed by atoms with Gasteiger partial charge in [0.2, 0.25) is 10.0 Å². The fraction of sp³-hybridized carbons (Fsp3) is 0.520. The Morgan fingerprint density at radius 2 is 1.97 bits per heavy atom. The van der Waals surface area contributed by atoms with Gasteiger partial charge in [0.1, 0.15) is 23.1 Å². The van der Waals surface area contributed by atoms with E-state index in [0.29, 0.717) is 24.4 Å². The maximum absolute atomic E-state index is 13.5. The molecule has 0 unspecified atom stereocenters. The van der Waals surface area contributed by atoms with Gasteiger partial charge in [-0.2, -0.15) is 4.31 Å². The smallest absolute Gasteiger partial charge is 0.247 e. The Balaban J connectivity index is 1.99. The lowest BCUT2D eigenvalue weighted by Gasteiger charge is -2.37. The van der Waals surface area contributed by atoms with E-state index in [1.54, 1.807) is 37.5 Å². The maximum atomic E-state index is 13.5. The predicted molar refractivity (Wildman–Crippen MR) is 131 cm³/mol. The highest BCUT2D eigenvalue weighted by atomic mass is 32.2. The monoisotopic (exact) mass is 486 g/mol. The van der Waals surface area contributed by atoms with E-state index in [1.807, 2.05) is 27.8 Å². The number of ether oxygens (including phenoxy) is 1. The van der Waals surface area contributed by atoms with Gasteiger partial charge in [-0.15, -0.1) is 0 Å². The normalized spacial score (nSPS) is 21.1. The van der Waals surface area contributed by atoms with Crippen molar-refractivity contribution in [3.8, 4) is 17.6 Å². The van der Waals surface area contributed by atoms with Crippen LogP contribution in [-0.2, 0) is 16.6 Å². The molecule has 3 rings (SSSR count). The van der Waals surface area contributed by atoms with E-state index >= 15 is 0 Å². The molecule has 1 N–H and O–H groups in total. The molecule has 0 fully saturated rings. The molecule has 9 heteroatoms. The number of hydrogen-bond donors (Lipinski definition) is 1. The van der Waals surface area contributed by atoms with Crippen molar-refractivity contribution < 1.29 is 18.3 Å². The minimum atomic E-state index is -3.87. The third kappa shape index (κ3) is 6.33. The molecule has 8 nitrogen and oxygen atoms in total. The predicted octanol–water partition coefficient (Wildman–Crippen LogP) is 2.38. The summed E-state index contributed by atoms with van der Waals surface area (Å²) in [4.78, 5) is 10.3. The molecule has 0 bridgehead atoms. The first-order chi connectivity index (χ1) is 16.1. The Labute approximate surface area is 203 Å². The fourth-order valence-electron chi connectivity index (χ4n) is 3.84. The second kappa shape index (κ2) is 11.3. The summed E-state index contributed by atoms with van der Waals surface area (Å²) in [7, 11) is -1.88. The van der Waals surface area contributed by atoms with E-state index in [1.165, 1.54) is 10.6 Å². The minimum Gasteiger partial charge on any atom is -0.487 e. The Hall–Kier alpha value is -2.51. The Bertz CT molecular complexity index is 1130. The van der Waals surface area contributed by atoms with Crippen LogP contribution in [0, 0.1) is 23.7 Å². The van der Waals surface area contributed by atoms with Gasteiger partial charge < -0.3 is 9.84 Å². The van der Waals surface area contributed by atoms with Crippen LogP contribution in [0.1, 0.15) is 38.8 Å². The second-order valence-corrected chi connectivity index (χ2v) is 11.1. The number of aliphatic hydroxyl groups excluding tert-OH is 1. The molecule has 2 aromatic rings. The van der Waals surface area contributed by atoms with Crippen molar-refractivity contribution >= 4 is 10.0 Å². The maximum Gasteiger partial charge on any atom is 0.247 e. The number of sulfonamides is 1. The van der Waals surface area contributed by atoms with Crippen LogP contribution in [0.5, 0.6) is 5.75 Å².